The molecule has 78 valence electrons. The molecule has 0 amide bonds. The van der Waals surface area contributed by atoms with E-state index >= 15 is 0 Å². The minimum atomic E-state index is -3.61. The third-order valence-electron chi connectivity index (χ3n) is 1.57. The number of carboxylic acids is 1. The van der Waals surface area contributed by atoms with Crippen LogP contribution in [0.2, 0.25) is 0 Å². The number of sulfone groups is 1. The second kappa shape index (κ2) is 3.67. The van der Waals surface area contributed by atoms with Crippen LogP contribution in [0.4, 0.5) is 0 Å². The molecule has 0 saturated carbocycles. The molecule has 15 heavy (non-hydrogen) atoms. The summed E-state index contributed by atoms with van der Waals surface area (Å²) in [5.74, 6) is -1.26. The van der Waals surface area contributed by atoms with E-state index in [-0.39, 0.29) is 11.1 Å². The number of hydrogen-bond donors (Lipinski definition) is 1. The third kappa shape index (κ3) is 2.30. The molecule has 1 aromatic heterocycles. The zero-order valence-corrected chi connectivity index (χ0v) is 8.45. The van der Waals surface area contributed by atoms with Crippen LogP contribution < -0.4 is 0 Å². The summed E-state index contributed by atoms with van der Waals surface area (Å²) in [5, 5.41) is 16.8. The normalized spacial score (nSPS) is 10.7. The molecule has 0 aliphatic heterocycles. The standard InChI is InChI=1S/C8H6N2O4S/c1-15(13,14)7-5(3-9)2-6(4-10-7)8(11)12/h2,4H,1H3,(H,11,12). The maximum absolute atomic E-state index is 11.1. The Bertz CT molecular complexity index is 556. The van der Waals surface area contributed by atoms with E-state index in [4.69, 9.17) is 10.4 Å². The Labute approximate surface area is 85.7 Å². The SMILES string of the molecule is CS(=O)(=O)c1ncc(C(=O)O)cc1C#N. The Balaban J connectivity index is 3.49. The predicted octanol–water partition coefficient (Wildman–Crippen LogP) is 0.0550. The van der Waals surface area contributed by atoms with E-state index in [9.17, 15) is 13.2 Å². The number of pyridine rings is 1. The van der Waals surface area contributed by atoms with Crippen LogP contribution in [0.25, 0.3) is 0 Å². The van der Waals surface area contributed by atoms with Gasteiger partial charge in [-0.15, -0.1) is 0 Å². The van der Waals surface area contributed by atoms with Crippen LogP contribution in [-0.4, -0.2) is 30.7 Å². The first-order valence-corrected chi connectivity index (χ1v) is 5.59. The molecule has 0 aliphatic rings. The van der Waals surface area contributed by atoms with Gasteiger partial charge >= 0.3 is 5.97 Å². The second-order valence-electron chi connectivity index (χ2n) is 2.77. The highest BCUT2D eigenvalue weighted by Crippen LogP contribution is 2.13. The number of hydrogen-bond acceptors (Lipinski definition) is 5. The average molecular weight is 226 g/mol. The van der Waals surface area contributed by atoms with Crippen LogP contribution in [0.15, 0.2) is 17.3 Å². The van der Waals surface area contributed by atoms with Crippen molar-refractivity contribution in [3.63, 3.8) is 0 Å². The van der Waals surface area contributed by atoms with Gasteiger partial charge in [-0.05, 0) is 6.07 Å². The number of aromatic nitrogens is 1. The fourth-order valence-corrected chi connectivity index (χ4v) is 1.69. The Morgan fingerprint density at radius 3 is 2.60 bits per heavy atom. The first-order valence-electron chi connectivity index (χ1n) is 3.69. The molecule has 0 aromatic carbocycles. The molecule has 1 rings (SSSR count). The van der Waals surface area contributed by atoms with Crippen molar-refractivity contribution in [2.45, 2.75) is 5.03 Å². The summed E-state index contributed by atoms with van der Waals surface area (Å²) in [6, 6.07) is 2.57. The molecular formula is C8H6N2O4S. The Morgan fingerprint density at radius 2 is 2.20 bits per heavy atom. The topological polar surface area (TPSA) is 108 Å². The van der Waals surface area contributed by atoms with Gasteiger partial charge in [-0.25, -0.2) is 18.2 Å². The molecule has 0 fully saturated rings. The lowest BCUT2D eigenvalue weighted by atomic mass is 10.2. The van der Waals surface area contributed by atoms with Gasteiger partial charge in [0, 0.05) is 12.5 Å². The van der Waals surface area contributed by atoms with Crippen molar-refractivity contribution in [1.82, 2.24) is 4.98 Å². The van der Waals surface area contributed by atoms with Crippen molar-refractivity contribution >= 4 is 15.8 Å². The summed E-state index contributed by atoms with van der Waals surface area (Å²) in [6.45, 7) is 0. The van der Waals surface area contributed by atoms with Crippen molar-refractivity contribution in [3.8, 4) is 6.07 Å². The van der Waals surface area contributed by atoms with Gasteiger partial charge in [0.2, 0.25) is 0 Å². The third-order valence-corrected chi connectivity index (χ3v) is 2.60. The molecule has 1 aromatic rings. The highest BCUT2D eigenvalue weighted by atomic mass is 32.2. The molecule has 0 saturated heterocycles. The predicted molar refractivity (Wildman–Crippen MR) is 49.0 cm³/mol. The number of aromatic carboxylic acids is 1. The molecule has 0 unspecified atom stereocenters. The Hall–Kier alpha value is -1.94. The maximum atomic E-state index is 11.1. The molecule has 1 N–H and O–H groups in total. The zero-order chi connectivity index (χ0) is 11.6. The maximum Gasteiger partial charge on any atom is 0.337 e. The van der Waals surface area contributed by atoms with Gasteiger partial charge in [-0.1, -0.05) is 0 Å². The fourth-order valence-electron chi connectivity index (χ4n) is 0.945. The summed E-state index contributed by atoms with van der Waals surface area (Å²) < 4.78 is 22.3. The van der Waals surface area contributed by atoms with E-state index in [1.165, 1.54) is 0 Å². The summed E-state index contributed by atoms with van der Waals surface area (Å²) in [6.07, 6.45) is 1.80. The summed E-state index contributed by atoms with van der Waals surface area (Å²) in [7, 11) is -3.61. The summed E-state index contributed by atoms with van der Waals surface area (Å²) >= 11 is 0. The van der Waals surface area contributed by atoms with Gasteiger partial charge in [0.05, 0.1) is 11.1 Å². The number of nitrogens with zero attached hydrogens (tertiary/aromatic N) is 2. The van der Waals surface area contributed by atoms with E-state index in [0.29, 0.717) is 0 Å². The van der Waals surface area contributed by atoms with Crippen LogP contribution in [0.5, 0.6) is 0 Å². The van der Waals surface area contributed by atoms with E-state index in [1.807, 2.05) is 0 Å². The first-order chi connectivity index (χ1) is 6.86. The molecular weight excluding hydrogens is 220 g/mol. The van der Waals surface area contributed by atoms with Crippen LogP contribution in [-0.2, 0) is 9.84 Å². The van der Waals surface area contributed by atoms with E-state index in [1.54, 1.807) is 6.07 Å². The Kier molecular flexibility index (Phi) is 2.72. The molecule has 0 bridgehead atoms. The van der Waals surface area contributed by atoms with Gasteiger partial charge in [-0.3, -0.25) is 0 Å². The van der Waals surface area contributed by atoms with Crippen molar-refractivity contribution < 1.29 is 18.3 Å². The minimum absolute atomic E-state index is 0.223. The van der Waals surface area contributed by atoms with Crippen molar-refractivity contribution in [2.75, 3.05) is 6.26 Å². The number of carboxylic acid groups (broad SMARTS) is 1. The van der Waals surface area contributed by atoms with Crippen LogP contribution in [0, 0.1) is 11.3 Å². The van der Waals surface area contributed by atoms with Gasteiger partial charge in [-0.2, -0.15) is 5.26 Å². The van der Waals surface area contributed by atoms with Crippen molar-refractivity contribution in [3.05, 3.63) is 23.4 Å². The van der Waals surface area contributed by atoms with Gasteiger partial charge in [0.1, 0.15) is 6.07 Å². The second-order valence-corrected chi connectivity index (χ2v) is 4.70. The van der Waals surface area contributed by atoms with E-state index in [0.717, 1.165) is 18.5 Å². The van der Waals surface area contributed by atoms with Crippen LogP contribution in [0.3, 0.4) is 0 Å². The number of carbonyl (C=O) groups is 1. The molecule has 0 aliphatic carbocycles. The summed E-state index contributed by atoms with van der Waals surface area (Å²) in [5.41, 5.74) is -0.489. The smallest absolute Gasteiger partial charge is 0.337 e. The highest BCUT2D eigenvalue weighted by molar-refractivity contribution is 7.90. The minimum Gasteiger partial charge on any atom is -0.478 e. The lowest BCUT2D eigenvalue weighted by Gasteiger charge is -2.00. The molecule has 0 spiro atoms. The monoisotopic (exact) mass is 226 g/mol. The zero-order valence-electron chi connectivity index (χ0n) is 7.63. The van der Waals surface area contributed by atoms with Gasteiger partial charge < -0.3 is 5.11 Å². The van der Waals surface area contributed by atoms with E-state index < -0.39 is 20.8 Å². The Morgan fingerprint density at radius 1 is 1.60 bits per heavy atom. The van der Waals surface area contributed by atoms with Crippen molar-refractivity contribution in [2.24, 2.45) is 0 Å². The average Bonchev–Trinajstić information content (AvgIpc) is 2.15. The fraction of sp³-hybridized carbons (Fsp3) is 0.125. The number of nitriles is 1. The molecule has 0 atom stereocenters. The first kappa shape index (κ1) is 11.1. The molecule has 6 nitrogen and oxygen atoms in total. The van der Waals surface area contributed by atoms with E-state index in [2.05, 4.69) is 4.98 Å². The highest BCUT2D eigenvalue weighted by Gasteiger charge is 2.17. The molecule has 7 heteroatoms. The summed E-state index contributed by atoms with van der Waals surface area (Å²) in [4.78, 5) is 14.0. The van der Waals surface area contributed by atoms with Crippen LogP contribution >= 0.6 is 0 Å². The van der Waals surface area contributed by atoms with Crippen LogP contribution in [0.1, 0.15) is 15.9 Å². The molecule has 0 radical (unpaired) electrons. The van der Waals surface area contributed by atoms with Gasteiger partial charge in [0.25, 0.3) is 0 Å². The number of rotatable bonds is 2. The largest absolute Gasteiger partial charge is 0.478 e. The van der Waals surface area contributed by atoms with Gasteiger partial charge in [0.15, 0.2) is 14.9 Å². The quantitative estimate of drug-likeness (QED) is 0.763. The van der Waals surface area contributed by atoms with Crippen molar-refractivity contribution in [1.29, 1.82) is 5.26 Å². The lowest BCUT2D eigenvalue weighted by Crippen LogP contribution is -2.06. The molecule has 1 heterocycles. The lowest BCUT2D eigenvalue weighted by molar-refractivity contribution is 0.0696.